The summed E-state index contributed by atoms with van der Waals surface area (Å²) in [6, 6.07) is 8.17. The van der Waals surface area contributed by atoms with Crippen LogP contribution in [0.25, 0.3) is 5.69 Å². The molecule has 0 fully saturated rings. The van der Waals surface area contributed by atoms with Crippen molar-refractivity contribution >= 4 is 15.9 Å². The van der Waals surface area contributed by atoms with Gasteiger partial charge in [-0.1, -0.05) is 33.3 Å². The Bertz CT molecular complexity index is 436. The van der Waals surface area contributed by atoms with Gasteiger partial charge in [-0.05, 0) is 24.6 Å². The summed E-state index contributed by atoms with van der Waals surface area (Å²) in [6.45, 7) is 2.06. The Morgan fingerprint density at radius 3 is 2.93 bits per heavy atom. The maximum atomic E-state index is 4.04. The lowest BCUT2D eigenvalue weighted by atomic mass is 10.2. The molecule has 0 N–H and O–H groups in total. The zero-order valence-electron chi connectivity index (χ0n) is 7.81. The Labute approximate surface area is 90.9 Å². The molecule has 2 rings (SSSR count). The van der Waals surface area contributed by atoms with E-state index in [2.05, 4.69) is 45.3 Å². The van der Waals surface area contributed by atoms with Gasteiger partial charge in [-0.25, -0.2) is 4.68 Å². The summed E-state index contributed by atoms with van der Waals surface area (Å²) < 4.78 is 1.78. The topological polar surface area (TPSA) is 30.7 Å². The van der Waals surface area contributed by atoms with Gasteiger partial charge in [0.05, 0.1) is 17.6 Å². The van der Waals surface area contributed by atoms with Crippen LogP contribution >= 0.6 is 15.9 Å². The average Bonchev–Trinajstić information content (AvgIpc) is 2.66. The van der Waals surface area contributed by atoms with E-state index in [1.165, 1.54) is 5.56 Å². The van der Waals surface area contributed by atoms with Gasteiger partial charge >= 0.3 is 0 Å². The van der Waals surface area contributed by atoms with Gasteiger partial charge in [-0.3, -0.25) is 0 Å². The van der Waals surface area contributed by atoms with E-state index in [4.69, 9.17) is 0 Å². The van der Waals surface area contributed by atoms with Crippen molar-refractivity contribution < 1.29 is 0 Å². The first-order valence-corrected chi connectivity index (χ1v) is 5.46. The number of hydrogen-bond acceptors (Lipinski definition) is 2. The highest BCUT2D eigenvalue weighted by molar-refractivity contribution is 9.08. The Morgan fingerprint density at radius 1 is 1.43 bits per heavy atom. The van der Waals surface area contributed by atoms with Crippen molar-refractivity contribution in [3.8, 4) is 5.69 Å². The van der Waals surface area contributed by atoms with Crippen molar-refractivity contribution in [1.29, 1.82) is 0 Å². The normalized spacial score (nSPS) is 10.4. The van der Waals surface area contributed by atoms with Crippen LogP contribution in [0.5, 0.6) is 0 Å². The molecule has 0 saturated carbocycles. The second-order valence-electron chi connectivity index (χ2n) is 3.13. The van der Waals surface area contributed by atoms with E-state index in [1.54, 1.807) is 4.68 Å². The quantitative estimate of drug-likeness (QED) is 0.768. The minimum absolute atomic E-state index is 0.735. The molecule has 0 aliphatic carbocycles. The fraction of sp³-hybridized carbons (Fsp3) is 0.200. The molecule has 0 amide bonds. The highest BCUT2D eigenvalue weighted by Crippen LogP contribution is 2.09. The van der Waals surface area contributed by atoms with Gasteiger partial charge in [0.1, 0.15) is 0 Å². The number of aromatic nitrogens is 3. The second kappa shape index (κ2) is 3.92. The van der Waals surface area contributed by atoms with E-state index in [0.717, 1.165) is 16.7 Å². The fourth-order valence-electron chi connectivity index (χ4n) is 1.26. The fourth-order valence-corrected chi connectivity index (χ4v) is 1.51. The molecule has 0 atom stereocenters. The molecular formula is C10H10BrN3. The molecule has 72 valence electrons. The standard InChI is InChI=1S/C10H10BrN3/c1-8-3-2-4-10(5-8)14-7-9(6-11)12-13-14/h2-5,7H,6H2,1H3. The third-order valence-electron chi connectivity index (χ3n) is 1.94. The SMILES string of the molecule is Cc1cccc(-n2cc(CBr)nn2)c1. The summed E-state index contributed by atoms with van der Waals surface area (Å²) in [5, 5.41) is 8.78. The minimum Gasteiger partial charge on any atom is -0.220 e. The lowest BCUT2D eigenvalue weighted by Gasteiger charge is -1.99. The van der Waals surface area contributed by atoms with Crippen molar-refractivity contribution in [2.45, 2.75) is 12.3 Å². The van der Waals surface area contributed by atoms with Gasteiger partial charge < -0.3 is 0 Å². The van der Waals surface area contributed by atoms with Crippen LogP contribution in [0, 0.1) is 6.92 Å². The van der Waals surface area contributed by atoms with Crippen LogP contribution in [0.3, 0.4) is 0 Å². The summed E-state index contributed by atoms with van der Waals surface area (Å²) in [6.07, 6.45) is 1.92. The lowest BCUT2D eigenvalue weighted by molar-refractivity contribution is 0.800. The molecule has 0 radical (unpaired) electrons. The largest absolute Gasteiger partial charge is 0.220 e. The Morgan fingerprint density at radius 2 is 2.29 bits per heavy atom. The number of alkyl halides is 1. The van der Waals surface area contributed by atoms with E-state index in [0.29, 0.717) is 0 Å². The number of benzene rings is 1. The number of aryl methyl sites for hydroxylation is 1. The summed E-state index contributed by atoms with van der Waals surface area (Å²) in [5.41, 5.74) is 3.20. The second-order valence-corrected chi connectivity index (χ2v) is 3.69. The average molecular weight is 252 g/mol. The molecule has 14 heavy (non-hydrogen) atoms. The lowest BCUT2D eigenvalue weighted by Crippen LogP contribution is -1.94. The summed E-state index contributed by atoms with van der Waals surface area (Å²) in [4.78, 5) is 0. The van der Waals surface area contributed by atoms with Gasteiger partial charge in [0, 0.05) is 5.33 Å². The van der Waals surface area contributed by atoms with Crippen LogP contribution < -0.4 is 0 Å². The van der Waals surface area contributed by atoms with Crippen molar-refractivity contribution in [3.63, 3.8) is 0 Å². The van der Waals surface area contributed by atoms with Crippen LogP contribution in [0.1, 0.15) is 11.3 Å². The zero-order valence-corrected chi connectivity index (χ0v) is 9.40. The number of nitrogens with zero attached hydrogens (tertiary/aromatic N) is 3. The van der Waals surface area contributed by atoms with E-state index in [1.807, 2.05) is 18.3 Å². The molecule has 0 aliphatic rings. The Kier molecular flexibility index (Phi) is 2.63. The third kappa shape index (κ3) is 1.85. The van der Waals surface area contributed by atoms with Crippen molar-refractivity contribution in [2.75, 3.05) is 0 Å². The number of halogens is 1. The maximum Gasteiger partial charge on any atom is 0.0937 e. The summed E-state index contributed by atoms with van der Waals surface area (Å²) >= 11 is 3.34. The molecule has 1 heterocycles. The van der Waals surface area contributed by atoms with E-state index >= 15 is 0 Å². The molecule has 0 aliphatic heterocycles. The first kappa shape index (κ1) is 9.40. The van der Waals surface area contributed by atoms with Gasteiger partial charge in [-0.15, -0.1) is 5.10 Å². The first-order chi connectivity index (χ1) is 6.79. The van der Waals surface area contributed by atoms with Gasteiger partial charge in [0.25, 0.3) is 0 Å². The molecule has 3 nitrogen and oxygen atoms in total. The van der Waals surface area contributed by atoms with Crippen LogP contribution in [-0.4, -0.2) is 15.0 Å². The zero-order chi connectivity index (χ0) is 9.97. The number of hydrogen-bond donors (Lipinski definition) is 0. The maximum absolute atomic E-state index is 4.04. The minimum atomic E-state index is 0.735. The molecular weight excluding hydrogens is 242 g/mol. The predicted molar refractivity (Wildman–Crippen MR) is 58.7 cm³/mol. The summed E-state index contributed by atoms with van der Waals surface area (Å²) in [7, 11) is 0. The Balaban J connectivity index is 2.39. The third-order valence-corrected chi connectivity index (χ3v) is 2.52. The molecule has 4 heteroatoms. The molecule has 0 spiro atoms. The van der Waals surface area contributed by atoms with Crippen LogP contribution in [-0.2, 0) is 5.33 Å². The highest BCUT2D eigenvalue weighted by Gasteiger charge is 2.00. The molecule has 0 unspecified atom stereocenters. The predicted octanol–water partition coefficient (Wildman–Crippen LogP) is 2.47. The van der Waals surface area contributed by atoms with Crippen LogP contribution in [0.15, 0.2) is 30.5 Å². The van der Waals surface area contributed by atoms with Crippen molar-refractivity contribution in [2.24, 2.45) is 0 Å². The highest BCUT2D eigenvalue weighted by atomic mass is 79.9. The van der Waals surface area contributed by atoms with Crippen LogP contribution in [0.4, 0.5) is 0 Å². The van der Waals surface area contributed by atoms with Crippen molar-refractivity contribution in [1.82, 2.24) is 15.0 Å². The van der Waals surface area contributed by atoms with Crippen LogP contribution in [0.2, 0.25) is 0 Å². The number of rotatable bonds is 2. The molecule has 2 aromatic rings. The molecule has 1 aromatic heterocycles. The summed E-state index contributed by atoms with van der Waals surface area (Å²) in [5.74, 6) is 0. The smallest absolute Gasteiger partial charge is 0.0937 e. The molecule has 0 saturated heterocycles. The monoisotopic (exact) mass is 251 g/mol. The van der Waals surface area contributed by atoms with Gasteiger partial charge in [-0.2, -0.15) is 0 Å². The van der Waals surface area contributed by atoms with E-state index < -0.39 is 0 Å². The Hall–Kier alpha value is -1.16. The van der Waals surface area contributed by atoms with Gasteiger partial charge in [0.15, 0.2) is 0 Å². The van der Waals surface area contributed by atoms with E-state index in [-0.39, 0.29) is 0 Å². The van der Waals surface area contributed by atoms with E-state index in [9.17, 15) is 0 Å². The molecule has 1 aromatic carbocycles. The van der Waals surface area contributed by atoms with Gasteiger partial charge in [0.2, 0.25) is 0 Å². The molecule has 0 bridgehead atoms. The first-order valence-electron chi connectivity index (χ1n) is 4.34. The van der Waals surface area contributed by atoms with Crippen molar-refractivity contribution in [3.05, 3.63) is 41.7 Å².